The summed E-state index contributed by atoms with van der Waals surface area (Å²) in [7, 11) is 0. The van der Waals surface area contributed by atoms with Gasteiger partial charge in [-0.3, -0.25) is 0 Å². The molecule has 0 aromatic heterocycles. The van der Waals surface area contributed by atoms with Crippen LogP contribution in [0.3, 0.4) is 0 Å². The first-order valence-corrected chi connectivity index (χ1v) is 6.45. The van der Waals surface area contributed by atoms with E-state index in [2.05, 4.69) is 13.8 Å². The first kappa shape index (κ1) is 12.0. The van der Waals surface area contributed by atoms with Crippen LogP contribution in [0.5, 0.6) is 0 Å². The Bertz CT molecular complexity index is 155. The molecular weight excluding hydrogens is 170 g/mol. The van der Waals surface area contributed by atoms with Gasteiger partial charge < -0.3 is 5.73 Å². The zero-order chi connectivity index (χ0) is 10.4. The van der Waals surface area contributed by atoms with Gasteiger partial charge in [0.2, 0.25) is 0 Å². The van der Waals surface area contributed by atoms with Gasteiger partial charge in [0.25, 0.3) is 0 Å². The van der Waals surface area contributed by atoms with Crippen molar-refractivity contribution in [3.8, 4) is 0 Å². The third-order valence-electron chi connectivity index (χ3n) is 3.62. The van der Waals surface area contributed by atoms with Gasteiger partial charge >= 0.3 is 0 Å². The highest BCUT2D eigenvalue weighted by atomic mass is 14.7. The van der Waals surface area contributed by atoms with Gasteiger partial charge in [0.15, 0.2) is 0 Å². The fraction of sp³-hybridized carbons (Fsp3) is 1.00. The maximum absolute atomic E-state index is 6.50. The Balaban J connectivity index is 2.51. The molecule has 1 saturated carbocycles. The molecule has 1 fully saturated rings. The Morgan fingerprint density at radius 2 is 1.93 bits per heavy atom. The molecule has 0 amide bonds. The number of nitrogens with two attached hydrogens (primary N) is 1. The van der Waals surface area contributed by atoms with Crippen LogP contribution in [-0.2, 0) is 0 Å². The molecule has 1 heteroatoms. The van der Waals surface area contributed by atoms with Gasteiger partial charge in [0.05, 0.1) is 0 Å². The highest BCUT2D eigenvalue weighted by Crippen LogP contribution is 2.30. The maximum Gasteiger partial charge on any atom is 0.0156 e. The standard InChI is InChI=1S/C13H27N/c1-3-9-13(14)10-7-5-4-6-8-12(2)11-13/h12H,3-11,14H2,1-2H3. The molecule has 1 aliphatic carbocycles. The molecule has 2 unspecified atom stereocenters. The fourth-order valence-electron chi connectivity index (χ4n) is 2.95. The van der Waals surface area contributed by atoms with E-state index in [-0.39, 0.29) is 5.54 Å². The lowest BCUT2D eigenvalue weighted by atomic mass is 9.81. The molecule has 1 aliphatic rings. The zero-order valence-electron chi connectivity index (χ0n) is 10.0. The molecule has 1 rings (SSSR count). The van der Waals surface area contributed by atoms with E-state index >= 15 is 0 Å². The summed E-state index contributed by atoms with van der Waals surface area (Å²) in [6, 6.07) is 0. The Hall–Kier alpha value is -0.0400. The van der Waals surface area contributed by atoms with Crippen molar-refractivity contribution in [3.63, 3.8) is 0 Å². The summed E-state index contributed by atoms with van der Waals surface area (Å²) in [6.45, 7) is 4.63. The lowest BCUT2D eigenvalue weighted by molar-refractivity contribution is 0.281. The summed E-state index contributed by atoms with van der Waals surface area (Å²) in [5.74, 6) is 0.838. The lowest BCUT2D eigenvalue weighted by Crippen LogP contribution is -2.41. The van der Waals surface area contributed by atoms with Gasteiger partial charge in [0, 0.05) is 5.54 Å². The van der Waals surface area contributed by atoms with Gasteiger partial charge in [0.1, 0.15) is 0 Å². The molecule has 0 saturated heterocycles. The highest BCUT2D eigenvalue weighted by molar-refractivity contribution is 4.86. The van der Waals surface area contributed by atoms with Crippen molar-refractivity contribution in [2.24, 2.45) is 11.7 Å². The monoisotopic (exact) mass is 197 g/mol. The van der Waals surface area contributed by atoms with E-state index in [1.165, 1.54) is 57.8 Å². The van der Waals surface area contributed by atoms with Crippen molar-refractivity contribution in [1.82, 2.24) is 0 Å². The summed E-state index contributed by atoms with van der Waals surface area (Å²) < 4.78 is 0. The molecule has 0 aromatic carbocycles. The van der Waals surface area contributed by atoms with Crippen LogP contribution in [0.25, 0.3) is 0 Å². The van der Waals surface area contributed by atoms with Gasteiger partial charge in [-0.05, 0) is 25.2 Å². The van der Waals surface area contributed by atoms with Crippen LogP contribution < -0.4 is 5.73 Å². The van der Waals surface area contributed by atoms with Crippen molar-refractivity contribution in [3.05, 3.63) is 0 Å². The zero-order valence-corrected chi connectivity index (χ0v) is 10.0. The summed E-state index contributed by atoms with van der Waals surface area (Å²) >= 11 is 0. The van der Waals surface area contributed by atoms with E-state index in [1.807, 2.05) is 0 Å². The molecule has 0 heterocycles. The molecule has 0 aromatic rings. The van der Waals surface area contributed by atoms with Crippen LogP contribution >= 0.6 is 0 Å². The number of hydrogen-bond donors (Lipinski definition) is 1. The molecule has 0 spiro atoms. The van der Waals surface area contributed by atoms with Crippen LogP contribution in [0.1, 0.15) is 71.6 Å². The van der Waals surface area contributed by atoms with Crippen LogP contribution in [0.4, 0.5) is 0 Å². The van der Waals surface area contributed by atoms with Gasteiger partial charge in [-0.15, -0.1) is 0 Å². The van der Waals surface area contributed by atoms with Crippen LogP contribution in [0.15, 0.2) is 0 Å². The molecule has 84 valence electrons. The van der Waals surface area contributed by atoms with Crippen molar-refractivity contribution >= 4 is 0 Å². The molecule has 0 radical (unpaired) electrons. The molecule has 0 aliphatic heterocycles. The van der Waals surface area contributed by atoms with E-state index in [9.17, 15) is 0 Å². The largest absolute Gasteiger partial charge is 0.325 e. The quantitative estimate of drug-likeness (QED) is 0.714. The Morgan fingerprint density at radius 3 is 2.64 bits per heavy atom. The first-order chi connectivity index (χ1) is 6.66. The second-order valence-electron chi connectivity index (χ2n) is 5.37. The van der Waals surface area contributed by atoms with E-state index in [4.69, 9.17) is 5.73 Å². The van der Waals surface area contributed by atoms with E-state index in [0.717, 1.165) is 5.92 Å². The summed E-state index contributed by atoms with van der Waals surface area (Å²) in [5, 5.41) is 0. The molecule has 1 nitrogen and oxygen atoms in total. The second kappa shape index (κ2) is 5.75. The van der Waals surface area contributed by atoms with E-state index in [0.29, 0.717) is 0 Å². The highest BCUT2D eigenvalue weighted by Gasteiger charge is 2.26. The normalized spacial score (nSPS) is 35.8. The van der Waals surface area contributed by atoms with Crippen molar-refractivity contribution in [2.45, 2.75) is 77.2 Å². The third kappa shape index (κ3) is 4.00. The van der Waals surface area contributed by atoms with Crippen LogP contribution in [0, 0.1) is 5.92 Å². The average Bonchev–Trinajstić information content (AvgIpc) is 2.17. The van der Waals surface area contributed by atoms with E-state index < -0.39 is 0 Å². The lowest BCUT2D eigenvalue weighted by Gasteiger charge is -2.31. The third-order valence-corrected chi connectivity index (χ3v) is 3.62. The van der Waals surface area contributed by atoms with Crippen molar-refractivity contribution < 1.29 is 0 Å². The molecule has 2 N–H and O–H groups in total. The summed E-state index contributed by atoms with van der Waals surface area (Å²) in [4.78, 5) is 0. The average molecular weight is 197 g/mol. The number of rotatable bonds is 2. The topological polar surface area (TPSA) is 26.0 Å². The van der Waals surface area contributed by atoms with Gasteiger partial charge in [-0.25, -0.2) is 0 Å². The predicted octanol–water partition coefficient (Wildman–Crippen LogP) is 3.86. The van der Waals surface area contributed by atoms with Gasteiger partial charge in [-0.2, -0.15) is 0 Å². The van der Waals surface area contributed by atoms with Crippen LogP contribution in [0.2, 0.25) is 0 Å². The maximum atomic E-state index is 6.50. The Labute approximate surface area is 89.5 Å². The molecule has 0 bridgehead atoms. The smallest absolute Gasteiger partial charge is 0.0156 e. The fourth-order valence-corrected chi connectivity index (χ4v) is 2.95. The molecular formula is C13H27N. The minimum Gasteiger partial charge on any atom is -0.325 e. The SMILES string of the molecule is CCCC1(N)CCCCCCC(C)C1. The first-order valence-electron chi connectivity index (χ1n) is 6.45. The van der Waals surface area contributed by atoms with E-state index in [1.54, 1.807) is 0 Å². The molecule has 14 heavy (non-hydrogen) atoms. The summed E-state index contributed by atoms with van der Waals surface area (Å²) in [6.07, 6.45) is 11.9. The summed E-state index contributed by atoms with van der Waals surface area (Å²) in [5.41, 5.74) is 6.66. The Kier molecular flexibility index (Phi) is 4.94. The predicted molar refractivity (Wildman–Crippen MR) is 63.3 cm³/mol. The van der Waals surface area contributed by atoms with Crippen molar-refractivity contribution in [1.29, 1.82) is 0 Å². The molecule has 2 atom stereocenters. The second-order valence-corrected chi connectivity index (χ2v) is 5.37. The number of hydrogen-bond acceptors (Lipinski definition) is 1. The Morgan fingerprint density at radius 1 is 1.21 bits per heavy atom. The van der Waals surface area contributed by atoms with Crippen molar-refractivity contribution in [2.75, 3.05) is 0 Å². The minimum absolute atomic E-state index is 0.165. The minimum atomic E-state index is 0.165. The van der Waals surface area contributed by atoms with Gasteiger partial charge in [-0.1, -0.05) is 52.4 Å². The van der Waals surface area contributed by atoms with Crippen LogP contribution in [-0.4, -0.2) is 5.54 Å².